The third-order valence-electron chi connectivity index (χ3n) is 4.64. The van der Waals surface area contributed by atoms with E-state index in [4.69, 9.17) is 0 Å². The first-order valence-corrected chi connectivity index (χ1v) is 7.14. The van der Waals surface area contributed by atoms with Gasteiger partial charge in [0.2, 0.25) is 5.91 Å². The summed E-state index contributed by atoms with van der Waals surface area (Å²) in [6.07, 6.45) is 3.60. The number of β-lactam (4-membered cyclic amide) rings is 1. The highest BCUT2D eigenvalue weighted by atomic mass is 16.2. The van der Waals surface area contributed by atoms with Crippen LogP contribution in [0.25, 0.3) is 10.8 Å². The predicted octanol–water partition coefficient (Wildman–Crippen LogP) is 3.32. The summed E-state index contributed by atoms with van der Waals surface area (Å²) >= 11 is 0. The van der Waals surface area contributed by atoms with Crippen LogP contribution in [0.5, 0.6) is 0 Å². The number of hydrogen-bond acceptors (Lipinski definition) is 1. The van der Waals surface area contributed by atoms with Crippen LogP contribution in [0, 0.1) is 0 Å². The molecule has 19 heavy (non-hydrogen) atoms. The minimum atomic E-state index is 0.103. The molecule has 4 rings (SSSR count). The lowest BCUT2D eigenvalue weighted by Gasteiger charge is -2.50. The van der Waals surface area contributed by atoms with Gasteiger partial charge < -0.3 is 4.90 Å². The number of piperidine rings is 1. The summed E-state index contributed by atoms with van der Waals surface area (Å²) < 4.78 is 0. The Balaban J connectivity index is 1.81. The van der Waals surface area contributed by atoms with E-state index in [0.717, 1.165) is 6.54 Å². The van der Waals surface area contributed by atoms with Crippen LogP contribution in [-0.4, -0.2) is 23.4 Å². The van der Waals surface area contributed by atoms with E-state index >= 15 is 0 Å². The van der Waals surface area contributed by atoms with Gasteiger partial charge in [-0.2, -0.15) is 0 Å². The second kappa shape index (κ2) is 4.09. The second-order valence-corrected chi connectivity index (χ2v) is 5.64. The van der Waals surface area contributed by atoms with Crippen molar-refractivity contribution in [1.29, 1.82) is 0 Å². The van der Waals surface area contributed by atoms with Crippen molar-refractivity contribution < 1.29 is 4.79 Å². The molecule has 2 aromatic rings. The van der Waals surface area contributed by atoms with E-state index in [1.165, 1.54) is 35.6 Å². The maximum atomic E-state index is 12.4. The van der Waals surface area contributed by atoms with Gasteiger partial charge in [0.15, 0.2) is 0 Å². The molecule has 1 amide bonds. The fourth-order valence-corrected chi connectivity index (χ4v) is 3.70. The molecule has 2 aliphatic rings. The van der Waals surface area contributed by atoms with Crippen molar-refractivity contribution in [3.05, 3.63) is 48.0 Å². The minimum Gasteiger partial charge on any atom is -0.338 e. The van der Waals surface area contributed by atoms with Crippen molar-refractivity contribution in [3.8, 4) is 0 Å². The lowest BCUT2D eigenvalue weighted by Crippen LogP contribution is -2.60. The summed E-state index contributed by atoms with van der Waals surface area (Å²) in [4.78, 5) is 14.4. The Morgan fingerprint density at radius 2 is 1.84 bits per heavy atom. The largest absolute Gasteiger partial charge is 0.338 e. The molecule has 96 valence electrons. The van der Waals surface area contributed by atoms with Crippen LogP contribution in [-0.2, 0) is 4.79 Å². The Bertz CT molecular complexity index is 643. The Morgan fingerprint density at radius 3 is 2.79 bits per heavy atom. The highest BCUT2D eigenvalue weighted by Crippen LogP contribution is 2.42. The van der Waals surface area contributed by atoms with Crippen LogP contribution < -0.4 is 0 Å². The Kier molecular flexibility index (Phi) is 2.37. The Labute approximate surface area is 113 Å². The summed E-state index contributed by atoms with van der Waals surface area (Å²) in [5.74, 6) is 0.437. The SMILES string of the molecule is O=C1[C@H](c2cccc3ccccc23)[C@H]2CCCCN12. The van der Waals surface area contributed by atoms with E-state index in [1.807, 2.05) is 0 Å². The van der Waals surface area contributed by atoms with Gasteiger partial charge >= 0.3 is 0 Å². The molecule has 2 heteroatoms. The summed E-state index contributed by atoms with van der Waals surface area (Å²) in [6.45, 7) is 0.963. The maximum Gasteiger partial charge on any atom is 0.232 e. The molecule has 2 heterocycles. The number of fused-ring (bicyclic) bond motifs is 2. The van der Waals surface area contributed by atoms with E-state index in [-0.39, 0.29) is 5.92 Å². The molecule has 2 saturated heterocycles. The zero-order valence-electron chi connectivity index (χ0n) is 10.9. The molecule has 2 atom stereocenters. The van der Waals surface area contributed by atoms with Crippen LogP contribution in [0.1, 0.15) is 30.7 Å². The van der Waals surface area contributed by atoms with Crippen molar-refractivity contribution in [2.45, 2.75) is 31.2 Å². The van der Waals surface area contributed by atoms with Crippen LogP contribution in [0.2, 0.25) is 0 Å². The van der Waals surface area contributed by atoms with Crippen molar-refractivity contribution in [3.63, 3.8) is 0 Å². The molecule has 2 aliphatic heterocycles. The molecule has 0 bridgehead atoms. The first kappa shape index (κ1) is 11.0. The van der Waals surface area contributed by atoms with Gasteiger partial charge in [0.05, 0.1) is 5.92 Å². The first-order valence-electron chi connectivity index (χ1n) is 7.14. The molecule has 0 N–H and O–H groups in total. The molecular weight excluding hydrogens is 234 g/mol. The normalized spacial score (nSPS) is 26.1. The molecule has 0 saturated carbocycles. The summed E-state index contributed by atoms with van der Waals surface area (Å²) in [6, 6.07) is 15.2. The van der Waals surface area contributed by atoms with Crippen LogP contribution >= 0.6 is 0 Å². The Hall–Kier alpha value is -1.83. The molecule has 2 nitrogen and oxygen atoms in total. The highest BCUT2D eigenvalue weighted by Gasteiger charge is 2.48. The summed E-state index contributed by atoms with van der Waals surface area (Å²) in [5, 5.41) is 2.48. The number of carbonyl (C=O) groups excluding carboxylic acids is 1. The third kappa shape index (κ3) is 1.52. The second-order valence-electron chi connectivity index (χ2n) is 5.64. The van der Waals surface area contributed by atoms with E-state index in [2.05, 4.69) is 47.4 Å². The van der Waals surface area contributed by atoms with Crippen molar-refractivity contribution in [2.75, 3.05) is 6.54 Å². The maximum absolute atomic E-state index is 12.4. The van der Waals surface area contributed by atoms with Gasteiger partial charge in [-0.1, -0.05) is 42.5 Å². The van der Waals surface area contributed by atoms with Gasteiger partial charge in [-0.05, 0) is 35.6 Å². The van der Waals surface area contributed by atoms with Crippen molar-refractivity contribution >= 4 is 16.7 Å². The Morgan fingerprint density at radius 1 is 1.00 bits per heavy atom. The van der Waals surface area contributed by atoms with Crippen molar-refractivity contribution in [1.82, 2.24) is 4.90 Å². The zero-order valence-corrected chi connectivity index (χ0v) is 10.9. The molecule has 0 aliphatic carbocycles. The highest BCUT2D eigenvalue weighted by molar-refractivity contribution is 5.97. The summed E-state index contributed by atoms with van der Waals surface area (Å²) in [5.41, 5.74) is 1.23. The van der Waals surface area contributed by atoms with E-state index in [1.54, 1.807) is 0 Å². The zero-order chi connectivity index (χ0) is 12.8. The molecule has 0 radical (unpaired) electrons. The van der Waals surface area contributed by atoms with E-state index in [0.29, 0.717) is 11.9 Å². The molecule has 2 fully saturated rings. The molecule has 0 aromatic heterocycles. The molecule has 2 aromatic carbocycles. The van der Waals surface area contributed by atoms with E-state index in [9.17, 15) is 4.79 Å². The average molecular weight is 251 g/mol. The number of nitrogens with zero attached hydrogens (tertiary/aromatic N) is 1. The van der Waals surface area contributed by atoms with Crippen molar-refractivity contribution in [2.24, 2.45) is 0 Å². The van der Waals surface area contributed by atoms with Gasteiger partial charge in [0.25, 0.3) is 0 Å². The fourth-order valence-electron chi connectivity index (χ4n) is 3.70. The monoisotopic (exact) mass is 251 g/mol. The molecule has 0 spiro atoms. The lowest BCUT2D eigenvalue weighted by molar-refractivity contribution is -0.152. The number of rotatable bonds is 1. The topological polar surface area (TPSA) is 20.3 Å². The van der Waals surface area contributed by atoms with Crippen LogP contribution in [0.4, 0.5) is 0 Å². The van der Waals surface area contributed by atoms with Gasteiger partial charge in [0.1, 0.15) is 0 Å². The lowest BCUT2D eigenvalue weighted by atomic mass is 9.75. The third-order valence-corrected chi connectivity index (χ3v) is 4.64. The fraction of sp³-hybridized carbons (Fsp3) is 0.353. The number of amides is 1. The minimum absolute atomic E-state index is 0.103. The van der Waals surface area contributed by atoms with Crippen LogP contribution in [0.3, 0.4) is 0 Å². The summed E-state index contributed by atoms with van der Waals surface area (Å²) in [7, 11) is 0. The quantitative estimate of drug-likeness (QED) is 0.712. The van der Waals surface area contributed by atoms with Gasteiger partial charge in [0, 0.05) is 12.6 Å². The smallest absolute Gasteiger partial charge is 0.232 e. The molecule has 0 unspecified atom stereocenters. The van der Waals surface area contributed by atoms with Gasteiger partial charge in [-0.3, -0.25) is 4.79 Å². The number of carbonyl (C=O) groups is 1. The first-order chi connectivity index (χ1) is 9.36. The van der Waals surface area contributed by atoms with E-state index < -0.39 is 0 Å². The average Bonchev–Trinajstić information content (AvgIpc) is 2.47. The van der Waals surface area contributed by atoms with Crippen LogP contribution in [0.15, 0.2) is 42.5 Å². The molecular formula is C17H17NO. The predicted molar refractivity (Wildman–Crippen MR) is 76.0 cm³/mol. The standard InChI is InChI=1S/C17H17NO/c19-17-16(15-10-3-4-11-18(15)17)14-9-5-7-12-6-1-2-8-13(12)14/h1-2,5-9,15-16H,3-4,10-11H2/t15-,16-/m1/s1. The van der Waals surface area contributed by atoms with Gasteiger partial charge in [-0.25, -0.2) is 0 Å². The number of hydrogen-bond donors (Lipinski definition) is 0. The number of benzene rings is 2. The van der Waals surface area contributed by atoms with Gasteiger partial charge in [-0.15, -0.1) is 0 Å².